The molecule has 3 heterocycles. The molecule has 1 unspecified atom stereocenters. The Kier molecular flexibility index (Phi) is 8.78. The summed E-state index contributed by atoms with van der Waals surface area (Å²) < 4.78 is 44.2. The largest absolute Gasteiger partial charge is 0.573 e. The van der Waals surface area contributed by atoms with E-state index < -0.39 is 6.36 Å². The molecule has 7 nitrogen and oxygen atoms in total. The van der Waals surface area contributed by atoms with Crippen LogP contribution < -0.4 is 15.2 Å². The quantitative estimate of drug-likeness (QED) is 0.273. The minimum absolute atomic E-state index is 0.0307. The summed E-state index contributed by atoms with van der Waals surface area (Å²) in [7, 11) is 1.71. The van der Waals surface area contributed by atoms with Gasteiger partial charge < -0.3 is 19.0 Å². The van der Waals surface area contributed by atoms with Crippen LogP contribution in [0.5, 0.6) is 5.75 Å². The molecule has 1 aromatic carbocycles. The van der Waals surface area contributed by atoms with Crippen LogP contribution in [0.3, 0.4) is 0 Å². The third kappa shape index (κ3) is 6.41. The van der Waals surface area contributed by atoms with E-state index >= 15 is 0 Å². The van der Waals surface area contributed by atoms with E-state index in [9.17, 15) is 18.0 Å². The minimum Gasteiger partial charge on any atom is -0.406 e. The number of halogens is 3. The van der Waals surface area contributed by atoms with Crippen molar-refractivity contribution in [3.05, 3.63) is 69.8 Å². The number of pyridine rings is 2. The summed E-state index contributed by atoms with van der Waals surface area (Å²) in [6, 6.07) is 11.7. The van der Waals surface area contributed by atoms with E-state index in [0.29, 0.717) is 23.5 Å². The lowest BCUT2D eigenvalue weighted by Gasteiger charge is -2.50. The second-order valence-electron chi connectivity index (χ2n) is 11.7. The Morgan fingerprint density at radius 1 is 1.10 bits per heavy atom. The van der Waals surface area contributed by atoms with Crippen LogP contribution in [0.1, 0.15) is 70.4 Å². The fraction of sp³-hybridized carbons (Fsp3) is 0.531. The van der Waals surface area contributed by atoms with E-state index in [1.807, 2.05) is 0 Å². The molecule has 2 aromatic heterocycles. The molecule has 1 saturated carbocycles. The van der Waals surface area contributed by atoms with Crippen LogP contribution in [0.15, 0.2) is 47.3 Å². The van der Waals surface area contributed by atoms with Gasteiger partial charge in [-0.3, -0.25) is 9.69 Å². The smallest absolute Gasteiger partial charge is 0.406 e. The van der Waals surface area contributed by atoms with Gasteiger partial charge in [0.25, 0.3) is 11.4 Å². The van der Waals surface area contributed by atoms with Crippen molar-refractivity contribution in [2.45, 2.75) is 83.3 Å². The lowest BCUT2D eigenvalue weighted by atomic mass is 9.82. The van der Waals surface area contributed by atoms with E-state index in [1.165, 1.54) is 44.2 Å². The highest BCUT2D eigenvalue weighted by Crippen LogP contribution is 2.40. The first-order valence-electron chi connectivity index (χ1n) is 14.8. The molecule has 2 aliphatic rings. The number of nitrogens with zero attached hydrogens (tertiary/aromatic N) is 5. The number of fused-ring (bicyclic) bond motifs is 1. The van der Waals surface area contributed by atoms with Crippen LogP contribution >= 0.6 is 0 Å². The lowest BCUT2D eigenvalue weighted by molar-refractivity contribution is -0.274. The van der Waals surface area contributed by atoms with E-state index in [-0.39, 0.29) is 35.3 Å². The Balaban J connectivity index is 1.48. The van der Waals surface area contributed by atoms with Crippen molar-refractivity contribution in [1.82, 2.24) is 14.5 Å². The van der Waals surface area contributed by atoms with Gasteiger partial charge in [0.05, 0.1) is 11.2 Å². The number of alkyl halides is 3. The molecule has 224 valence electrons. The van der Waals surface area contributed by atoms with Gasteiger partial charge in [0.15, 0.2) is 0 Å². The minimum atomic E-state index is -4.73. The molecule has 5 rings (SSSR count). The van der Waals surface area contributed by atoms with Crippen LogP contribution in [0.25, 0.3) is 15.9 Å². The van der Waals surface area contributed by atoms with Crippen molar-refractivity contribution in [2.75, 3.05) is 18.0 Å². The van der Waals surface area contributed by atoms with Gasteiger partial charge in [-0.25, -0.2) is 0 Å². The van der Waals surface area contributed by atoms with Gasteiger partial charge in [-0.15, -0.1) is 18.2 Å². The van der Waals surface area contributed by atoms with Crippen molar-refractivity contribution in [2.24, 2.45) is 13.0 Å². The fourth-order valence-corrected chi connectivity index (χ4v) is 6.82. The Morgan fingerprint density at radius 3 is 2.45 bits per heavy atom. The van der Waals surface area contributed by atoms with Gasteiger partial charge in [-0.2, -0.15) is 0 Å². The average molecular weight is 582 g/mol. The zero-order chi connectivity index (χ0) is 30.0. The van der Waals surface area contributed by atoms with Crippen LogP contribution in [0.2, 0.25) is 0 Å². The van der Waals surface area contributed by atoms with Gasteiger partial charge in [0.1, 0.15) is 5.75 Å². The van der Waals surface area contributed by atoms with E-state index in [1.54, 1.807) is 41.9 Å². The maximum absolute atomic E-state index is 13.0. The number of aromatic nitrogens is 2. The van der Waals surface area contributed by atoms with Crippen molar-refractivity contribution >= 4 is 22.5 Å². The second-order valence-corrected chi connectivity index (χ2v) is 11.7. The van der Waals surface area contributed by atoms with E-state index in [0.717, 1.165) is 30.6 Å². The Morgan fingerprint density at radius 2 is 1.81 bits per heavy atom. The third-order valence-electron chi connectivity index (χ3n) is 9.01. The molecule has 0 N–H and O–H groups in total. The second kappa shape index (κ2) is 12.3. The summed E-state index contributed by atoms with van der Waals surface area (Å²) in [5.74, 6) is 0.640. The van der Waals surface area contributed by atoms with Crippen LogP contribution in [-0.4, -0.2) is 46.0 Å². The topological polar surface area (TPSA) is 55.0 Å². The number of hydrogen-bond donors (Lipinski definition) is 0. The summed E-state index contributed by atoms with van der Waals surface area (Å²) in [6.07, 6.45) is 3.12. The van der Waals surface area contributed by atoms with Crippen molar-refractivity contribution < 1.29 is 17.9 Å². The maximum Gasteiger partial charge on any atom is 0.573 e. The first-order valence-corrected chi connectivity index (χ1v) is 14.8. The van der Waals surface area contributed by atoms with E-state index in [4.69, 9.17) is 6.57 Å². The molecule has 1 saturated heterocycles. The number of benzene rings is 1. The highest BCUT2D eigenvalue weighted by atomic mass is 19.4. The molecule has 42 heavy (non-hydrogen) atoms. The summed E-state index contributed by atoms with van der Waals surface area (Å²) in [4.78, 5) is 25.8. The Hall–Kier alpha value is -3.58. The molecule has 1 aliphatic carbocycles. The van der Waals surface area contributed by atoms with Gasteiger partial charge in [0.2, 0.25) is 5.52 Å². The molecule has 3 atom stereocenters. The van der Waals surface area contributed by atoms with Gasteiger partial charge in [0, 0.05) is 44.3 Å². The number of rotatable bonds is 7. The number of hydrogen-bond acceptors (Lipinski definition) is 5. The monoisotopic (exact) mass is 581 g/mol. The maximum atomic E-state index is 13.0. The van der Waals surface area contributed by atoms with Gasteiger partial charge in [-0.05, 0) is 55.5 Å². The molecule has 0 radical (unpaired) electrons. The predicted molar refractivity (Wildman–Crippen MR) is 158 cm³/mol. The molecular weight excluding hydrogens is 543 g/mol. The average Bonchev–Trinajstić information content (AvgIpc) is 2.98. The van der Waals surface area contributed by atoms with Crippen LogP contribution in [0.4, 0.5) is 24.7 Å². The molecule has 0 bridgehead atoms. The number of anilines is 1. The fourth-order valence-electron chi connectivity index (χ4n) is 6.82. The summed E-state index contributed by atoms with van der Waals surface area (Å²) in [5, 5.41) is 0. The van der Waals surface area contributed by atoms with Crippen LogP contribution in [0, 0.1) is 12.5 Å². The summed E-state index contributed by atoms with van der Waals surface area (Å²) in [5.41, 5.74) is 2.93. The highest BCUT2D eigenvalue weighted by Gasteiger charge is 2.38. The lowest BCUT2D eigenvalue weighted by Crippen LogP contribution is -2.58. The third-order valence-corrected chi connectivity index (χ3v) is 9.01. The van der Waals surface area contributed by atoms with Crippen LogP contribution in [-0.2, 0) is 7.05 Å². The first kappa shape index (κ1) is 29.9. The normalized spacial score (nSPS) is 21.3. The van der Waals surface area contributed by atoms with Crippen molar-refractivity contribution in [3.63, 3.8) is 0 Å². The number of piperazine rings is 1. The SMILES string of the molecule is [C-]#[N+]c1ccc2c(n1)c(N1C[C@@H](CC)N(C(CC3CCCCC3)c3ccc(OC(F)(F)F)cc3)C[C@@H]1C)cc(=O)n2C. The molecule has 3 aromatic rings. The molecule has 0 amide bonds. The molecule has 10 heteroatoms. The summed E-state index contributed by atoms with van der Waals surface area (Å²) >= 11 is 0. The molecule has 0 spiro atoms. The Bertz CT molecular complexity index is 1490. The number of ether oxygens (including phenoxy) is 1. The predicted octanol–water partition coefficient (Wildman–Crippen LogP) is 7.38. The zero-order valence-corrected chi connectivity index (χ0v) is 24.4. The molecular formula is C32H38F3N5O2. The molecule has 2 fully saturated rings. The number of aryl methyl sites for hydroxylation is 1. The van der Waals surface area contributed by atoms with E-state index in [2.05, 4.69) is 38.2 Å². The summed E-state index contributed by atoms with van der Waals surface area (Å²) in [6.45, 7) is 13.1. The highest BCUT2D eigenvalue weighted by molar-refractivity contribution is 5.89. The molecule has 1 aliphatic heterocycles. The van der Waals surface area contributed by atoms with Crippen molar-refractivity contribution in [1.29, 1.82) is 0 Å². The van der Waals surface area contributed by atoms with Gasteiger partial charge >= 0.3 is 6.36 Å². The van der Waals surface area contributed by atoms with Gasteiger partial charge in [-0.1, -0.05) is 57.7 Å². The Labute approximate surface area is 244 Å². The van der Waals surface area contributed by atoms with Crippen molar-refractivity contribution in [3.8, 4) is 5.75 Å². The first-order chi connectivity index (χ1) is 20.1. The zero-order valence-electron chi connectivity index (χ0n) is 24.4. The standard InChI is InChI=1S/C32H38F3N5O2/c1-5-24-20-39(28-18-30(41)38(4)26-15-16-29(36-3)37-31(26)28)21(2)19-40(24)27(17-22-9-7-6-8-10-22)23-11-13-25(14-12-23)42-32(33,34)35/h11-16,18,21-22,24,27H,5-10,17,19-20H2,1-2,4H3/t21-,24+,27?/m0/s1.